The van der Waals surface area contributed by atoms with Crippen LogP contribution >= 0.6 is 0 Å². The second-order valence-electron chi connectivity index (χ2n) is 4.09. The summed E-state index contributed by atoms with van der Waals surface area (Å²) in [5.74, 6) is 0.568. The average molecular weight is 230 g/mol. The molecular formula is C12H14N4O. The van der Waals surface area contributed by atoms with Gasteiger partial charge in [0, 0.05) is 6.08 Å². The van der Waals surface area contributed by atoms with Crippen molar-refractivity contribution in [1.29, 1.82) is 0 Å². The maximum absolute atomic E-state index is 11.5. The number of nitrogens with zero attached hydrogens (tertiary/aromatic N) is 3. The molecule has 2 heterocycles. The summed E-state index contributed by atoms with van der Waals surface area (Å²) in [5.41, 5.74) is 2.42. The second-order valence-corrected chi connectivity index (χ2v) is 4.09. The van der Waals surface area contributed by atoms with E-state index >= 15 is 0 Å². The van der Waals surface area contributed by atoms with Crippen molar-refractivity contribution in [3.8, 4) is 0 Å². The lowest BCUT2D eigenvalue weighted by Gasteiger charge is -2.02. The van der Waals surface area contributed by atoms with Gasteiger partial charge in [0.25, 0.3) is 0 Å². The molecule has 2 aromatic rings. The van der Waals surface area contributed by atoms with Crippen LogP contribution in [-0.4, -0.2) is 20.5 Å². The lowest BCUT2D eigenvalue weighted by Crippen LogP contribution is -2.09. The predicted octanol–water partition coefficient (Wildman–Crippen LogP) is 1.94. The fourth-order valence-electron chi connectivity index (χ4n) is 1.51. The van der Waals surface area contributed by atoms with E-state index in [2.05, 4.69) is 15.4 Å². The SMILES string of the molecule is CC(C)=CC(=O)Nc1ccc2nc(C)nn2c1. The van der Waals surface area contributed by atoms with Crippen LogP contribution in [-0.2, 0) is 4.79 Å². The first-order valence-corrected chi connectivity index (χ1v) is 5.33. The third-order valence-electron chi connectivity index (χ3n) is 2.12. The summed E-state index contributed by atoms with van der Waals surface area (Å²) in [5, 5.41) is 6.95. The van der Waals surface area contributed by atoms with Gasteiger partial charge in [-0.1, -0.05) is 5.57 Å². The van der Waals surface area contributed by atoms with Gasteiger partial charge in [-0.25, -0.2) is 9.50 Å². The quantitative estimate of drug-likeness (QED) is 0.802. The molecule has 1 amide bonds. The van der Waals surface area contributed by atoms with Crippen molar-refractivity contribution in [3.63, 3.8) is 0 Å². The molecule has 0 radical (unpaired) electrons. The average Bonchev–Trinajstić information content (AvgIpc) is 2.55. The Morgan fingerprint density at radius 2 is 2.18 bits per heavy atom. The van der Waals surface area contributed by atoms with Crippen molar-refractivity contribution in [3.05, 3.63) is 35.8 Å². The van der Waals surface area contributed by atoms with E-state index in [-0.39, 0.29) is 5.91 Å². The highest BCUT2D eigenvalue weighted by atomic mass is 16.1. The van der Waals surface area contributed by atoms with Gasteiger partial charge in [-0.3, -0.25) is 4.79 Å². The van der Waals surface area contributed by atoms with E-state index in [1.54, 1.807) is 22.9 Å². The molecule has 0 saturated heterocycles. The Bertz CT molecular complexity index is 594. The van der Waals surface area contributed by atoms with Crippen molar-refractivity contribution in [2.75, 3.05) is 5.32 Å². The van der Waals surface area contributed by atoms with Crippen LogP contribution in [0.4, 0.5) is 5.69 Å². The number of anilines is 1. The number of allylic oxidation sites excluding steroid dienone is 1. The van der Waals surface area contributed by atoms with Crippen LogP contribution in [0.15, 0.2) is 30.0 Å². The summed E-state index contributed by atoms with van der Waals surface area (Å²) < 4.78 is 1.65. The molecule has 1 N–H and O–H groups in total. The Morgan fingerprint density at radius 1 is 1.41 bits per heavy atom. The number of aromatic nitrogens is 3. The summed E-state index contributed by atoms with van der Waals surface area (Å²) in [6.45, 7) is 5.58. The fourth-order valence-corrected chi connectivity index (χ4v) is 1.51. The fraction of sp³-hybridized carbons (Fsp3) is 0.250. The summed E-state index contributed by atoms with van der Waals surface area (Å²) >= 11 is 0. The Morgan fingerprint density at radius 3 is 2.88 bits per heavy atom. The van der Waals surface area contributed by atoms with Crippen molar-refractivity contribution in [2.24, 2.45) is 0 Å². The zero-order valence-electron chi connectivity index (χ0n) is 10.1. The van der Waals surface area contributed by atoms with Crippen molar-refractivity contribution >= 4 is 17.2 Å². The Kier molecular flexibility index (Phi) is 2.91. The lowest BCUT2D eigenvalue weighted by molar-refractivity contribution is -0.111. The van der Waals surface area contributed by atoms with Gasteiger partial charge in [0.05, 0.1) is 11.9 Å². The molecule has 2 aromatic heterocycles. The highest BCUT2D eigenvalue weighted by molar-refractivity contribution is 5.99. The molecule has 0 atom stereocenters. The highest BCUT2D eigenvalue weighted by Gasteiger charge is 2.02. The molecule has 0 aliphatic heterocycles. The number of amides is 1. The molecule has 17 heavy (non-hydrogen) atoms. The largest absolute Gasteiger partial charge is 0.321 e. The minimum Gasteiger partial charge on any atom is -0.321 e. The predicted molar refractivity (Wildman–Crippen MR) is 65.8 cm³/mol. The number of hydrogen-bond donors (Lipinski definition) is 1. The number of hydrogen-bond acceptors (Lipinski definition) is 3. The van der Waals surface area contributed by atoms with Crippen LogP contribution < -0.4 is 5.32 Å². The van der Waals surface area contributed by atoms with Gasteiger partial charge in [0.2, 0.25) is 5.91 Å². The smallest absolute Gasteiger partial charge is 0.248 e. The molecule has 0 bridgehead atoms. The molecule has 0 aromatic carbocycles. The van der Waals surface area contributed by atoms with E-state index in [0.29, 0.717) is 11.5 Å². The molecule has 5 nitrogen and oxygen atoms in total. The number of rotatable bonds is 2. The summed E-state index contributed by atoms with van der Waals surface area (Å²) in [4.78, 5) is 15.7. The monoisotopic (exact) mass is 230 g/mol. The van der Waals surface area contributed by atoms with Crippen LogP contribution in [0.1, 0.15) is 19.7 Å². The molecule has 2 rings (SSSR count). The number of carbonyl (C=O) groups excluding carboxylic acids is 1. The van der Waals surface area contributed by atoms with Gasteiger partial charge in [-0.15, -0.1) is 0 Å². The van der Waals surface area contributed by atoms with Crippen molar-refractivity contribution in [1.82, 2.24) is 14.6 Å². The number of fused-ring (bicyclic) bond motifs is 1. The second kappa shape index (κ2) is 4.37. The zero-order chi connectivity index (χ0) is 12.4. The molecule has 0 fully saturated rings. The van der Waals surface area contributed by atoms with Crippen LogP contribution in [0.3, 0.4) is 0 Å². The van der Waals surface area contributed by atoms with E-state index in [1.807, 2.05) is 26.8 Å². The number of aryl methyl sites for hydroxylation is 1. The standard InChI is InChI=1S/C12H14N4O/c1-8(2)6-12(17)14-10-4-5-11-13-9(3)15-16(11)7-10/h4-7H,1-3H3,(H,14,17). The van der Waals surface area contributed by atoms with Gasteiger partial charge < -0.3 is 5.32 Å². The Balaban J connectivity index is 2.25. The minimum atomic E-state index is -0.138. The van der Waals surface area contributed by atoms with Crippen LogP contribution in [0.5, 0.6) is 0 Å². The van der Waals surface area contributed by atoms with E-state index in [0.717, 1.165) is 11.2 Å². The van der Waals surface area contributed by atoms with E-state index in [1.165, 1.54) is 0 Å². The Hall–Kier alpha value is -2.17. The molecular weight excluding hydrogens is 216 g/mol. The van der Waals surface area contributed by atoms with Crippen molar-refractivity contribution < 1.29 is 4.79 Å². The summed E-state index contributed by atoms with van der Waals surface area (Å²) in [7, 11) is 0. The first kappa shape index (κ1) is 11.3. The van der Waals surface area contributed by atoms with E-state index in [4.69, 9.17) is 0 Å². The molecule has 88 valence electrons. The Labute approximate surface area is 99.2 Å². The first-order valence-electron chi connectivity index (χ1n) is 5.33. The molecule has 0 unspecified atom stereocenters. The molecule has 0 spiro atoms. The normalized spacial score (nSPS) is 10.3. The highest BCUT2D eigenvalue weighted by Crippen LogP contribution is 2.09. The van der Waals surface area contributed by atoms with Gasteiger partial charge in [0.15, 0.2) is 5.65 Å². The first-order chi connectivity index (χ1) is 8.04. The maximum atomic E-state index is 11.5. The molecule has 0 saturated carbocycles. The van der Waals surface area contributed by atoms with E-state index in [9.17, 15) is 4.79 Å². The summed E-state index contributed by atoms with van der Waals surface area (Å²) in [6, 6.07) is 3.62. The number of pyridine rings is 1. The van der Waals surface area contributed by atoms with Crippen LogP contribution in [0, 0.1) is 6.92 Å². The molecule has 0 aliphatic carbocycles. The van der Waals surface area contributed by atoms with E-state index < -0.39 is 0 Å². The maximum Gasteiger partial charge on any atom is 0.248 e. The zero-order valence-corrected chi connectivity index (χ0v) is 10.1. The van der Waals surface area contributed by atoms with Gasteiger partial charge in [0.1, 0.15) is 5.82 Å². The van der Waals surface area contributed by atoms with Gasteiger partial charge in [-0.05, 0) is 32.9 Å². The number of carbonyl (C=O) groups is 1. The molecule has 5 heteroatoms. The topological polar surface area (TPSA) is 59.3 Å². The third-order valence-corrected chi connectivity index (χ3v) is 2.12. The van der Waals surface area contributed by atoms with Gasteiger partial charge in [-0.2, -0.15) is 5.10 Å². The minimum absolute atomic E-state index is 0.138. The third kappa shape index (κ3) is 2.69. The lowest BCUT2D eigenvalue weighted by atomic mass is 10.3. The van der Waals surface area contributed by atoms with Crippen LogP contribution in [0.2, 0.25) is 0 Å². The number of nitrogens with one attached hydrogen (secondary N) is 1. The van der Waals surface area contributed by atoms with Crippen molar-refractivity contribution in [2.45, 2.75) is 20.8 Å². The van der Waals surface area contributed by atoms with Crippen LogP contribution in [0.25, 0.3) is 5.65 Å². The van der Waals surface area contributed by atoms with Gasteiger partial charge >= 0.3 is 0 Å². The molecule has 0 aliphatic rings. The summed E-state index contributed by atoms with van der Waals surface area (Å²) in [6.07, 6.45) is 3.29.